The molecule has 0 fully saturated rings. The van der Waals surface area contributed by atoms with E-state index in [-0.39, 0.29) is 0 Å². The first kappa shape index (κ1) is 13.5. The fourth-order valence-electron chi connectivity index (χ4n) is 1.91. The van der Waals surface area contributed by atoms with Crippen LogP contribution in [0.4, 0.5) is 0 Å². The third-order valence-corrected chi connectivity index (χ3v) is 4.48. The maximum Gasteiger partial charge on any atom is 0.0445 e. The summed E-state index contributed by atoms with van der Waals surface area (Å²) in [5.41, 5.74) is 0. The molecule has 1 atom stereocenters. The molecule has 1 unspecified atom stereocenters. The smallest absolute Gasteiger partial charge is 0.0445 e. The van der Waals surface area contributed by atoms with Crippen LogP contribution < -0.4 is 0 Å². The van der Waals surface area contributed by atoms with Crippen molar-refractivity contribution in [3.8, 4) is 0 Å². The number of hydrogen-bond donors (Lipinski definition) is 0. The van der Waals surface area contributed by atoms with E-state index in [1.807, 2.05) is 0 Å². The Balaban J connectivity index is 3.35. The van der Waals surface area contributed by atoms with Crippen LogP contribution in [-0.2, 0) is 0 Å². The Morgan fingerprint density at radius 1 is 1.08 bits per heavy atom. The topological polar surface area (TPSA) is 0 Å². The van der Waals surface area contributed by atoms with Gasteiger partial charge >= 0.3 is 0 Å². The molecule has 2 heteroatoms. The number of halogens is 1. The predicted octanol–water partition coefficient (Wildman–Crippen LogP) is 4.76. The second-order valence-electron chi connectivity index (χ2n) is 5.41. The van der Waals surface area contributed by atoms with Gasteiger partial charge in [0.05, 0.1) is 0 Å². The first-order valence-corrected chi connectivity index (χ1v) is 9.76. The molecule has 0 bridgehead atoms. The monoisotopic (exact) mass is 220 g/mol. The minimum absolute atomic E-state index is 0.815. The molecule has 0 aliphatic rings. The largest absolute Gasteiger partial charge is 0.127 e. The molecule has 0 aliphatic heterocycles. The van der Waals surface area contributed by atoms with E-state index >= 15 is 0 Å². The van der Waals surface area contributed by atoms with Crippen molar-refractivity contribution in [2.75, 3.05) is 5.88 Å². The van der Waals surface area contributed by atoms with Gasteiger partial charge in [0, 0.05) is 14.0 Å². The highest BCUT2D eigenvalue weighted by Crippen LogP contribution is 2.21. The standard InChI is InChI=1S/C11H25ClSi/c1-11(10-13(2,3)4)8-6-5-7-9-12/h11H,5-10H2,1-4H3. The molecule has 0 heterocycles. The average Bonchev–Trinajstić information content (AvgIpc) is 1.94. The summed E-state index contributed by atoms with van der Waals surface area (Å²) < 4.78 is 0. The predicted molar refractivity (Wildman–Crippen MR) is 66.5 cm³/mol. The Morgan fingerprint density at radius 3 is 2.15 bits per heavy atom. The van der Waals surface area contributed by atoms with Gasteiger partial charge in [0.1, 0.15) is 0 Å². The van der Waals surface area contributed by atoms with Crippen LogP contribution in [-0.4, -0.2) is 14.0 Å². The second kappa shape index (κ2) is 6.89. The first-order valence-electron chi connectivity index (χ1n) is 5.51. The molecule has 0 nitrogen and oxygen atoms in total. The van der Waals surface area contributed by atoms with Gasteiger partial charge in [-0.2, -0.15) is 0 Å². The van der Waals surface area contributed by atoms with Gasteiger partial charge < -0.3 is 0 Å². The van der Waals surface area contributed by atoms with E-state index in [0.717, 1.165) is 11.8 Å². The maximum atomic E-state index is 5.63. The summed E-state index contributed by atoms with van der Waals surface area (Å²) in [7, 11) is -0.815. The highest BCUT2D eigenvalue weighted by molar-refractivity contribution is 6.76. The maximum absolute atomic E-state index is 5.63. The summed E-state index contributed by atoms with van der Waals surface area (Å²) in [6.45, 7) is 9.78. The summed E-state index contributed by atoms with van der Waals surface area (Å²) in [5, 5.41) is 0. The van der Waals surface area contributed by atoms with Crippen molar-refractivity contribution in [1.82, 2.24) is 0 Å². The van der Waals surface area contributed by atoms with Gasteiger partial charge in [0.2, 0.25) is 0 Å². The zero-order valence-corrected chi connectivity index (χ0v) is 11.5. The van der Waals surface area contributed by atoms with Crippen LogP contribution in [0.3, 0.4) is 0 Å². The zero-order valence-electron chi connectivity index (χ0n) is 9.70. The molecule has 0 spiro atoms. The van der Waals surface area contributed by atoms with E-state index in [1.54, 1.807) is 0 Å². The van der Waals surface area contributed by atoms with Gasteiger partial charge in [0.15, 0.2) is 0 Å². The Labute approximate surface area is 90.1 Å². The molecular weight excluding hydrogens is 196 g/mol. The molecule has 0 aliphatic carbocycles. The quantitative estimate of drug-likeness (QED) is 0.330. The fourth-order valence-corrected chi connectivity index (χ4v) is 4.40. The lowest BCUT2D eigenvalue weighted by Gasteiger charge is -2.21. The van der Waals surface area contributed by atoms with E-state index < -0.39 is 8.07 Å². The minimum atomic E-state index is -0.815. The van der Waals surface area contributed by atoms with Gasteiger partial charge in [-0.05, 0) is 12.3 Å². The lowest BCUT2D eigenvalue weighted by Crippen LogP contribution is -2.22. The van der Waals surface area contributed by atoms with Crippen LogP contribution in [0.1, 0.15) is 32.6 Å². The van der Waals surface area contributed by atoms with Crippen LogP contribution >= 0.6 is 11.6 Å². The number of alkyl halides is 1. The molecule has 0 N–H and O–H groups in total. The van der Waals surface area contributed by atoms with Crippen molar-refractivity contribution in [3.63, 3.8) is 0 Å². The van der Waals surface area contributed by atoms with Crippen molar-refractivity contribution in [3.05, 3.63) is 0 Å². The van der Waals surface area contributed by atoms with Gasteiger partial charge in [-0.3, -0.25) is 0 Å². The number of rotatable bonds is 7. The van der Waals surface area contributed by atoms with E-state index in [2.05, 4.69) is 26.6 Å². The Hall–Kier alpha value is 0.507. The fraction of sp³-hybridized carbons (Fsp3) is 1.00. The van der Waals surface area contributed by atoms with Gasteiger partial charge in [-0.15, -0.1) is 11.6 Å². The van der Waals surface area contributed by atoms with E-state index in [9.17, 15) is 0 Å². The molecule has 0 saturated heterocycles. The summed E-state index contributed by atoms with van der Waals surface area (Å²) >= 11 is 5.63. The van der Waals surface area contributed by atoms with E-state index in [4.69, 9.17) is 11.6 Å². The summed E-state index contributed by atoms with van der Waals surface area (Å²) in [6, 6.07) is 1.48. The van der Waals surface area contributed by atoms with E-state index in [0.29, 0.717) is 0 Å². The molecule has 80 valence electrons. The van der Waals surface area contributed by atoms with Crippen molar-refractivity contribution in [2.45, 2.75) is 58.3 Å². The molecule has 0 amide bonds. The zero-order chi connectivity index (χ0) is 10.3. The van der Waals surface area contributed by atoms with Crippen LogP contribution in [0.2, 0.25) is 25.7 Å². The van der Waals surface area contributed by atoms with Crippen molar-refractivity contribution in [2.24, 2.45) is 5.92 Å². The highest BCUT2D eigenvalue weighted by atomic mass is 35.5. The molecule has 0 rings (SSSR count). The molecule has 0 radical (unpaired) electrons. The molecular formula is C11H25ClSi. The lowest BCUT2D eigenvalue weighted by atomic mass is 10.1. The van der Waals surface area contributed by atoms with Crippen molar-refractivity contribution in [1.29, 1.82) is 0 Å². The van der Waals surface area contributed by atoms with Crippen LogP contribution in [0.25, 0.3) is 0 Å². The number of hydrogen-bond acceptors (Lipinski definition) is 0. The van der Waals surface area contributed by atoms with Crippen molar-refractivity contribution >= 4 is 19.7 Å². The SMILES string of the molecule is CC(CCCCCCl)C[Si](C)(C)C. The van der Waals surface area contributed by atoms with Gasteiger partial charge in [-0.1, -0.05) is 51.9 Å². The normalized spacial score (nSPS) is 14.5. The van der Waals surface area contributed by atoms with Crippen molar-refractivity contribution < 1.29 is 0 Å². The van der Waals surface area contributed by atoms with Crippen LogP contribution in [0.15, 0.2) is 0 Å². The van der Waals surface area contributed by atoms with Gasteiger partial charge in [-0.25, -0.2) is 0 Å². The Morgan fingerprint density at radius 2 is 1.69 bits per heavy atom. The minimum Gasteiger partial charge on any atom is -0.127 e. The van der Waals surface area contributed by atoms with Gasteiger partial charge in [0.25, 0.3) is 0 Å². The molecule has 13 heavy (non-hydrogen) atoms. The first-order chi connectivity index (χ1) is 5.95. The van der Waals surface area contributed by atoms with Crippen LogP contribution in [0.5, 0.6) is 0 Å². The molecule has 0 aromatic rings. The number of unbranched alkanes of at least 4 members (excludes halogenated alkanes) is 2. The Bertz CT molecular complexity index is 118. The molecule has 0 saturated carbocycles. The molecule has 0 aromatic carbocycles. The molecule has 0 aromatic heterocycles. The third kappa shape index (κ3) is 10.4. The Kier molecular flexibility index (Phi) is 7.16. The second-order valence-corrected chi connectivity index (χ2v) is 11.3. The highest BCUT2D eigenvalue weighted by Gasteiger charge is 2.16. The average molecular weight is 221 g/mol. The summed E-state index contributed by atoms with van der Waals surface area (Å²) in [5.74, 6) is 1.77. The third-order valence-electron chi connectivity index (χ3n) is 2.29. The van der Waals surface area contributed by atoms with E-state index in [1.165, 1.54) is 31.7 Å². The summed E-state index contributed by atoms with van der Waals surface area (Å²) in [4.78, 5) is 0. The lowest BCUT2D eigenvalue weighted by molar-refractivity contribution is 0.529. The van der Waals surface area contributed by atoms with Crippen LogP contribution in [0, 0.1) is 5.92 Å². The summed E-state index contributed by atoms with van der Waals surface area (Å²) in [6.07, 6.45) is 5.29.